The molecule has 2 saturated heterocycles. The molecule has 0 saturated carbocycles. The van der Waals surface area contributed by atoms with E-state index in [0.29, 0.717) is 45.0 Å². The first-order chi connectivity index (χ1) is 20.0. The van der Waals surface area contributed by atoms with Crippen molar-refractivity contribution in [2.45, 2.75) is 35.7 Å². The number of ether oxygens (including phenoxy) is 2. The second-order valence-corrected chi connectivity index (χ2v) is 13.6. The summed E-state index contributed by atoms with van der Waals surface area (Å²) in [6.45, 7) is 2.36. The largest absolute Gasteiger partial charge is 0.473 e. The summed E-state index contributed by atoms with van der Waals surface area (Å²) in [6.07, 6.45) is 3.09. The first-order valence-electron chi connectivity index (χ1n) is 12.9. The van der Waals surface area contributed by atoms with Crippen LogP contribution < -0.4 is 15.4 Å². The maximum atomic E-state index is 13.4. The normalized spacial score (nSPS) is 19.5. The molecule has 2 aliphatic heterocycles. The molecule has 15 heteroatoms. The summed E-state index contributed by atoms with van der Waals surface area (Å²) < 4.78 is 37.1. The molecule has 5 heterocycles. The molecule has 0 radical (unpaired) electrons. The van der Waals surface area contributed by atoms with Gasteiger partial charge in [0.2, 0.25) is 5.88 Å². The third-order valence-electron chi connectivity index (χ3n) is 6.58. The predicted molar refractivity (Wildman–Crippen MR) is 154 cm³/mol. The van der Waals surface area contributed by atoms with Crippen LogP contribution in [0.25, 0.3) is 10.3 Å². The summed E-state index contributed by atoms with van der Waals surface area (Å²) in [5.74, 6) is -0.0683. The number of nitrogens with one attached hydrogen (secondary N) is 2. The Hall–Kier alpha value is -3.50. The van der Waals surface area contributed by atoms with Crippen LogP contribution in [0.3, 0.4) is 0 Å². The number of benzene rings is 1. The van der Waals surface area contributed by atoms with Gasteiger partial charge in [-0.2, -0.15) is 0 Å². The van der Waals surface area contributed by atoms with E-state index < -0.39 is 21.0 Å². The first kappa shape index (κ1) is 27.7. The second kappa shape index (κ2) is 12.2. The lowest BCUT2D eigenvalue weighted by Gasteiger charge is -2.11. The van der Waals surface area contributed by atoms with E-state index in [1.165, 1.54) is 46.9 Å². The van der Waals surface area contributed by atoms with Crippen molar-refractivity contribution < 1.29 is 27.5 Å². The van der Waals surface area contributed by atoms with Crippen LogP contribution in [-0.2, 0) is 30.8 Å². The minimum absolute atomic E-state index is 0.0420. The zero-order valence-corrected chi connectivity index (χ0v) is 24.1. The fourth-order valence-electron chi connectivity index (χ4n) is 4.43. The van der Waals surface area contributed by atoms with E-state index in [0.717, 1.165) is 19.5 Å². The summed E-state index contributed by atoms with van der Waals surface area (Å²) in [4.78, 5) is 32.8. The first-order valence-corrected chi connectivity index (χ1v) is 16.2. The molecule has 2 atom stereocenters. The van der Waals surface area contributed by atoms with E-state index in [9.17, 15) is 13.2 Å². The zero-order valence-electron chi connectivity index (χ0n) is 21.7. The lowest BCUT2D eigenvalue weighted by molar-refractivity contribution is -0.110. The highest BCUT2D eigenvalue weighted by atomic mass is 32.2. The van der Waals surface area contributed by atoms with Crippen molar-refractivity contribution in [3.05, 3.63) is 58.5 Å². The van der Waals surface area contributed by atoms with Crippen molar-refractivity contribution in [2.75, 3.05) is 31.6 Å². The van der Waals surface area contributed by atoms with E-state index >= 15 is 0 Å². The van der Waals surface area contributed by atoms with E-state index in [1.54, 1.807) is 18.3 Å². The molecule has 12 nitrogen and oxygen atoms in total. The Morgan fingerprint density at radius 1 is 1.17 bits per heavy atom. The smallest absolute Gasteiger partial charge is 0.280 e. The van der Waals surface area contributed by atoms with Gasteiger partial charge in [-0.3, -0.25) is 10.1 Å². The van der Waals surface area contributed by atoms with Crippen LogP contribution in [0.4, 0.5) is 5.13 Å². The molecule has 1 aromatic carbocycles. The van der Waals surface area contributed by atoms with Gasteiger partial charge in [-0.15, -0.1) is 11.3 Å². The highest BCUT2D eigenvalue weighted by Gasteiger charge is 2.31. The fourth-order valence-corrected chi connectivity index (χ4v) is 7.36. The molecule has 0 spiro atoms. The number of aromatic nitrogens is 3. The number of anilines is 1. The molecular weight excluding hydrogens is 589 g/mol. The van der Waals surface area contributed by atoms with Gasteiger partial charge in [0.25, 0.3) is 5.91 Å². The highest BCUT2D eigenvalue weighted by molar-refractivity contribution is 7.92. The van der Waals surface area contributed by atoms with Gasteiger partial charge in [-0.05, 0) is 37.6 Å². The Labute approximate surface area is 243 Å². The van der Waals surface area contributed by atoms with Crippen LogP contribution >= 0.6 is 22.7 Å². The number of thiazole rings is 2. The summed E-state index contributed by atoms with van der Waals surface area (Å²) in [5.41, 5.74) is 0.953. The zero-order chi connectivity index (χ0) is 28.2. The van der Waals surface area contributed by atoms with E-state index in [-0.39, 0.29) is 29.9 Å². The van der Waals surface area contributed by atoms with Crippen LogP contribution in [0.2, 0.25) is 0 Å². The highest BCUT2D eigenvalue weighted by Crippen LogP contribution is 2.28. The number of fused-ring (bicyclic) bond motifs is 1. The van der Waals surface area contributed by atoms with Crippen molar-refractivity contribution in [2.24, 2.45) is 5.16 Å². The number of carbonyl (C=O) groups excluding carboxylic acids is 1. The van der Waals surface area contributed by atoms with Crippen LogP contribution in [0.5, 0.6) is 5.88 Å². The molecule has 4 aromatic rings. The van der Waals surface area contributed by atoms with Crippen molar-refractivity contribution >= 4 is 59.6 Å². The molecule has 2 N–H and O–H groups in total. The maximum absolute atomic E-state index is 13.4. The van der Waals surface area contributed by atoms with Gasteiger partial charge in [-0.25, -0.2) is 23.4 Å². The van der Waals surface area contributed by atoms with Crippen LogP contribution in [0.1, 0.15) is 23.4 Å². The molecule has 0 aliphatic carbocycles. The van der Waals surface area contributed by atoms with Gasteiger partial charge in [0.05, 0.1) is 16.8 Å². The lowest BCUT2D eigenvalue weighted by Crippen LogP contribution is -2.25. The number of pyridine rings is 1. The molecule has 6 rings (SSSR count). The summed E-state index contributed by atoms with van der Waals surface area (Å²) in [5, 5.41) is 12.4. The third kappa shape index (κ3) is 6.38. The number of hydrogen-bond acceptors (Lipinski definition) is 13. The molecule has 214 valence electrons. The molecule has 0 bridgehead atoms. The summed E-state index contributed by atoms with van der Waals surface area (Å²) in [6, 6.07) is 9.57. The average Bonchev–Trinajstić information content (AvgIpc) is 3.79. The van der Waals surface area contributed by atoms with Gasteiger partial charge in [-0.1, -0.05) is 28.6 Å². The Balaban J connectivity index is 1.22. The Bertz CT molecular complexity index is 1640. The van der Waals surface area contributed by atoms with E-state index in [4.69, 9.17) is 14.3 Å². The summed E-state index contributed by atoms with van der Waals surface area (Å²) in [7, 11) is -3.56. The summed E-state index contributed by atoms with van der Waals surface area (Å²) >= 11 is 2.61. The average molecular weight is 615 g/mol. The number of carbonyl (C=O) groups is 1. The van der Waals surface area contributed by atoms with Crippen LogP contribution in [0.15, 0.2) is 58.0 Å². The number of oxime groups is 1. The number of rotatable bonds is 10. The van der Waals surface area contributed by atoms with Gasteiger partial charge in [0, 0.05) is 36.4 Å². The lowest BCUT2D eigenvalue weighted by atomic mass is 10.1. The van der Waals surface area contributed by atoms with Crippen molar-refractivity contribution in [1.29, 1.82) is 0 Å². The molecule has 3 aromatic heterocycles. The minimum Gasteiger partial charge on any atom is -0.473 e. The van der Waals surface area contributed by atoms with Gasteiger partial charge in [0.15, 0.2) is 27.3 Å². The topological polar surface area (TPSA) is 154 Å². The van der Waals surface area contributed by atoms with Crippen molar-refractivity contribution in [3.63, 3.8) is 0 Å². The van der Waals surface area contributed by atoms with E-state index in [2.05, 4.69) is 30.7 Å². The fraction of sp³-hybridized carbons (Fsp3) is 0.346. The van der Waals surface area contributed by atoms with Gasteiger partial charge >= 0.3 is 0 Å². The number of sulfone groups is 1. The SMILES string of the molecule is O=C(Nc1nc2ccc(O[C@@H]3CCNC3)nc2s1)C(=NOCc1nccs1)c1ccc(S(=O)(=O)[C@H]2CCOC2)cc1. The van der Waals surface area contributed by atoms with Gasteiger partial charge in [0.1, 0.15) is 21.5 Å². The predicted octanol–water partition coefficient (Wildman–Crippen LogP) is 3.01. The molecule has 41 heavy (non-hydrogen) atoms. The third-order valence-corrected chi connectivity index (χ3v) is 10.4. The monoisotopic (exact) mass is 614 g/mol. The van der Waals surface area contributed by atoms with E-state index in [1.807, 2.05) is 5.38 Å². The van der Waals surface area contributed by atoms with Crippen LogP contribution in [0, 0.1) is 0 Å². The standard InChI is InChI=1S/C26H26N6O6S3/c33-24(31-26-29-20-5-6-21(30-25(20)40-26)38-17-7-9-27-13-17)23(32-37-15-22-28-10-12-39-22)16-1-3-18(4-2-16)41(34,35)19-8-11-36-14-19/h1-6,10,12,17,19,27H,7-9,11,13-15H2,(H,29,31,33)/t17-,19+/m1/s1. The molecule has 2 fully saturated rings. The van der Waals surface area contributed by atoms with Crippen LogP contribution in [-0.4, -0.2) is 72.6 Å². The second-order valence-electron chi connectivity index (χ2n) is 9.37. The van der Waals surface area contributed by atoms with Crippen molar-refractivity contribution in [3.8, 4) is 5.88 Å². The maximum Gasteiger partial charge on any atom is 0.280 e. The Kier molecular flexibility index (Phi) is 8.20. The number of hydrogen-bond donors (Lipinski definition) is 2. The molecule has 1 amide bonds. The van der Waals surface area contributed by atoms with Gasteiger partial charge < -0.3 is 19.6 Å². The molecule has 0 unspecified atom stereocenters. The van der Waals surface area contributed by atoms with Crippen molar-refractivity contribution in [1.82, 2.24) is 20.3 Å². The number of nitrogens with zero attached hydrogens (tertiary/aromatic N) is 4. The minimum atomic E-state index is -3.56. The Morgan fingerprint density at radius 2 is 2.05 bits per heavy atom. The Morgan fingerprint density at radius 3 is 2.78 bits per heavy atom. The molecular formula is C26H26N6O6S3. The quantitative estimate of drug-likeness (QED) is 0.201. The number of amides is 1. The molecule has 2 aliphatic rings.